The number of halogens is 1. The monoisotopic (exact) mass is 291 g/mol. The summed E-state index contributed by atoms with van der Waals surface area (Å²) in [7, 11) is 2.13. The molecule has 2 fully saturated rings. The molecule has 21 heavy (non-hydrogen) atoms. The molecule has 0 aliphatic carbocycles. The van der Waals surface area contributed by atoms with Crippen molar-refractivity contribution in [2.75, 3.05) is 38.1 Å². The van der Waals surface area contributed by atoms with E-state index in [1.165, 1.54) is 24.9 Å². The number of hydrogen-bond donors (Lipinski definition) is 1. The van der Waals surface area contributed by atoms with Crippen LogP contribution in [-0.4, -0.2) is 38.1 Å². The van der Waals surface area contributed by atoms with Gasteiger partial charge in [0.05, 0.1) is 0 Å². The fraction of sp³-hybridized carbons (Fsp3) is 0.647. The van der Waals surface area contributed by atoms with Crippen LogP contribution in [-0.2, 0) is 0 Å². The van der Waals surface area contributed by atoms with Crippen LogP contribution in [0.5, 0.6) is 0 Å². The summed E-state index contributed by atoms with van der Waals surface area (Å²) in [6.45, 7) is 3.91. The Bertz CT molecular complexity index is 485. The van der Waals surface area contributed by atoms with E-state index in [2.05, 4.69) is 16.8 Å². The minimum absolute atomic E-state index is 0.129. The summed E-state index contributed by atoms with van der Waals surface area (Å²) in [6, 6.07) is 5.61. The van der Waals surface area contributed by atoms with Crippen LogP contribution in [0, 0.1) is 11.7 Å². The zero-order chi connectivity index (χ0) is 14.8. The normalized spacial score (nSPS) is 27.3. The first-order valence-corrected chi connectivity index (χ1v) is 8.13. The summed E-state index contributed by atoms with van der Waals surface area (Å²) in [5.41, 5.74) is 8.21. The third kappa shape index (κ3) is 3.06. The molecule has 2 aliphatic heterocycles. The number of piperidine rings is 1. The average Bonchev–Trinajstić information content (AvgIpc) is 2.89. The van der Waals surface area contributed by atoms with Crippen LogP contribution in [0.2, 0.25) is 0 Å². The summed E-state index contributed by atoms with van der Waals surface area (Å²) in [5, 5.41) is 0. The van der Waals surface area contributed by atoms with E-state index in [1.807, 2.05) is 6.07 Å². The highest BCUT2D eigenvalue weighted by atomic mass is 19.1. The van der Waals surface area contributed by atoms with Crippen LogP contribution in [0.4, 0.5) is 10.1 Å². The van der Waals surface area contributed by atoms with Crippen molar-refractivity contribution in [1.29, 1.82) is 0 Å². The lowest BCUT2D eigenvalue weighted by Crippen LogP contribution is -2.31. The molecule has 4 heteroatoms. The molecule has 2 heterocycles. The molecule has 1 aromatic carbocycles. The average molecular weight is 291 g/mol. The van der Waals surface area contributed by atoms with Gasteiger partial charge in [-0.2, -0.15) is 0 Å². The Balaban J connectivity index is 1.91. The van der Waals surface area contributed by atoms with Gasteiger partial charge in [0.1, 0.15) is 5.82 Å². The topological polar surface area (TPSA) is 32.5 Å². The predicted molar refractivity (Wildman–Crippen MR) is 85.0 cm³/mol. The Morgan fingerprint density at radius 1 is 1.24 bits per heavy atom. The number of likely N-dealkylation sites (tertiary alicyclic amines) is 1. The minimum atomic E-state index is -0.129. The number of benzene rings is 1. The molecular formula is C17H26FN3. The van der Waals surface area contributed by atoms with Crippen LogP contribution in [0.25, 0.3) is 0 Å². The van der Waals surface area contributed by atoms with Crippen molar-refractivity contribution in [2.24, 2.45) is 11.7 Å². The van der Waals surface area contributed by atoms with E-state index in [1.54, 1.807) is 12.1 Å². The van der Waals surface area contributed by atoms with Crippen molar-refractivity contribution >= 4 is 5.69 Å². The molecule has 0 bridgehead atoms. The Morgan fingerprint density at radius 2 is 2.00 bits per heavy atom. The lowest BCUT2D eigenvalue weighted by Gasteiger charge is -2.33. The van der Waals surface area contributed by atoms with Gasteiger partial charge in [-0.1, -0.05) is 0 Å². The van der Waals surface area contributed by atoms with Gasteiger partial charge < -0.3 is 10.6 Å². The quantitative estimate of drug-likeness (QED) is 0.929. The van der Waals surface area contributed by atoms with Gasteiger partial charge >= 0.3 is 0 Å². The van der Waals surface area contributed by atoms with Gasteiger partial charge in [-0.3, -0.25) is 4.90 Å². The number of anilines is 1. The third-order valence-corrected chi connectivity index (χ3v) is 5.01. The Hall–Kier alpha value is -1.13. The molecule has 2 N–H and O–H groups in total. The largest absolute Gasteiger partial charge is 0.371 e. The first kappa shape index (κ1) is 14.8. The number of hydrogen-bond acceptors (Lipinski definition) is 3. The van der Waals surface area contributed by atoms with E-state index in [0.29, 0.717) is 12.0 Å². The molecule has 0 radical (unpaired) electrons. The van der Waals surface area contributed by atoms with E-state index >= 15 is 0 Å². The van der Waals surface area contributed by atoms with Crippen LogP contribution in [0.1, 0.15) is 37.3 Å². The molecule has 3 nitrogen and oxygen atoms in total. The molecule has 2 atom stereocenters. The minimum Gasteiger partial charge on any atom is -0.371 e. The van der Waals surface area contributed by atoms with Gasteiger partial charge in [0.15, 0.2) is 0 Å². The Kier molecular flexibility index (Phi) is 4.45. The molecule has 2 aliphatic rings. The zero-order valence-electron chi connectivity index (χ0n) is 12.9. The number of nitrogens with zero attached hydrogens (tertiary/aromatic N) is 2. The standard InChI is InChI=1S/C17H26FN3/c1-20-12-13(11-19)9-17(20)15-10-14(18)5-6-16(15)21-7-3-2-4-8-21/h5-6,10,13,17H,2-4,7-9,11-12,19H2,1H3. The molecule has 0 saturated carbocycles. The summed E-state index contributed by atoms with van der Waals surface area (Å²) < 4.78 is 13.8. The molecule has 1 aromatic rings. The van der Waals surface area contributed by atoms with Gasteiger partial charge in [-0.25, -0.2) is 4.39 Å². The molecule has 0 amide bonds. The smallest absolute Gasteiger partial charge is 0.123 e. The van der Waals surface area contributed by atoms with Crippen molar-refractivity contribution in [3.05, 3.63) is 29.6 Å². The van der Waals surface area contributed by atoms with Crippen molar-refractivity contribution in [3.8, 4) is 0 Å². The highest BCUT2D eigenvalue weighted by molar-refractivity contribution is 5.55. The van der Waals surface area contributed by atoms with Crippen molar-refractivity contribution in [1.82, 2.24) is 4.90 Å². The highest BCUT2D eigenvalue weighted by Crippen LogP contribution is 2.39. The van der Waals surface area contributed by atoms with E-state index in [4.69, 9.17) is 5.73 Å². The summed E-state index contributed by atoms with van der Waals surface area (Å²) in [4.78, 5) is 4.77. The summed E-state index contributed by atoms with van der Waals surface area (Å²) in [5.74, 6) is 0.396. The lowest BCUT2D eigenvalue weighted by molar-refractivity contribution is 0.313. The molecule has 3 rings (SSSR count). The fourth-order valence-electron chi connectivity index (χ4n) is 3.85. The predicted octanol–water partition coefficient (Wildman–Crippen LogP) is 2.77. The van der Waals surface area contributed by atoms with Crippen LogP contribution in [0.3, 0.4) is 0 Å². The molecule has 2 saturated heterocycles. The molecule has 2 unspecified atom stereocenters. The number of nitrogens with two attached hydrogens (primary N) is 1. The van der Waals surface area contributed by atoms with E-state index in [0.717, 1.165) is 38.2 Å². The second-order valence-corrected chi connectivity index (χ2v) is 6.54. The number of rotatable bonds is 3. The highest BCUT2D eigenvalue weighted by Gasteiger charge is 2.32. The SMILES string of the molecule is CN1CC(CN)CC1c1cc(F)ccc1N1CCCCC1. The maximum atomic E-state index is 13.8. The molecule has 0 aromatic heterocycles. The van der Waals surface area contributed by atoms with Crippen LogP contribution >= 0.6 is 0 Å². The zero-order valence-corrected chi connectivity index (χ0v) is 12.9. The van der Waals surface area contributed by atoms with Gasteiger partial charge in [0.2, 0.25) is 0 Å². The van der Waals surface area contributed by atoms with Gasteiger partial charge in [-0.15, -0.1) is 0 Å². The summed E-state index contributed by atoms with van der Waals surface area (Å²) >= 11 is 0. The van der Waals surface area contributed by atoms with Crippen LogP contribution < -0.4 is 10.6 Å². The Labute approximate surface area is 126 Å². The van der Waals surface area contributed by atoms with E-state index in [-0.39, 0.29) is 5.82 Å². The first-order valence-electron chi connectivity index (χ1n) is 8.13. The molecular weight excluding hydrogens is 265 g/mol. The van der Waals surface area contributed by atoms with Crippen molar-refractivity contribution < 1.29 is 4.39 Å². The fourth-order valence-corrected chi connectivity index (χ4v) is 3.85. The van der Waals surface area contributed by atoms with E-state index in [9.17, 15) is 4.39 Å². The second kappa shape index (κ2) is 6.32. The van der Waals surface area contributed by atoms with Crippen molar-refractivity contribution in [2.45, 2.75) is 31.7 Å². The van der Waals surface area contributed by atoms with Crippen LogP contribution in [0.15, 0.2) is 18.2 Å². The summed E-state index contributed by atoms with van der Waals surface area (Å²) in [6.07, 6.45) is 4.83. The van der Waals surface area contributed by atoms with Gasteiger partial charge in [-0.05, 0) is 69.0 Å². The third-order valence-electron chi connectivity index (χ3n) is 5.01. The second-order valence-electron chi connectivity index (χ2n) is 6.54. The Morgan fingerprint density at radius 3 is 2.67 bits per heavy atom. The van der Waals surface area contributed by atoms with Gasteiger partial charge in [0, 0.05) is 31.4 Å². The maximum Gasteiger partial charge on any atom is 0.123 e. The first-order chi connectivity index (χ1) is 10.2. The van der Waals surface area contributed by atoms with Crippen molar-refractivity contribution in [3.63, 3.8) is 0 Å². The van der Waals surface area contributed by atoms with Gasteiger partial charge in [0.25, 0.3) is 0 Å². The molecule has 116 valence electrons. The maximum absolute atomic E-state index is 13.8. The van der Waals surface area contributed by atoms with E-state index < -0.39 is 0 Å². The molecule has 0 spiro atoms. The lowest BCUT2D eigenvalue weighted by atomic mass is 9.97.